The summed E-state index contributed by atoms with van der Waals surface area (Å²) in [5.74, 6) is -2.59. The molecule has 6 N–H and O–H groups in total. The first kappa shape index (κ1) is 15.8. The van der Waals surface area contributed by atoms with Crippen LogP contribution in [0.2, 0.25) is 5.02 Å². The van der Waals surface area contributed by atoms with Crippen LogP contribution in [-0.2, 0) is 0 Å². The Kier molecular flexibility index (Phi) is 6.30. The molecule has 1 aromatic carbocycles. The maximum atomic E-state index is 10.6. The summed E-state index contributed by atoms with van der Waals surface area (Å²) in [4.78, 5) is 21.1. The van der Waals surface area contributed by atoms with Gasteiger partial charge in [0.05, 0.1) is 11.1 Å². The zero-order valence-corrected chi connectivity index (χ0v) is 8.08. The second-order valence-electron chi connectivity index (χ2n) is 2.30. The van der Waals surface area contributed by atoms with Gasteiger partial charge in [-0.05, 0) is 18.2 Å². The van der Waals surface area contributed by atoms with Gasteiger partial charge in [-0.2, -0.15) is 0 Å². The molecular formula is C8H9ClO6. The molecule has 15 heavy (non-hydrogen) atoms. The van der Waals surface area contributed by atoms with Crippen LogP contribution in [0.15, 0.2) is 18.2 Å². The quantitative estimate of drug-likeness (QED) is 0.751. The van der Waals surface area contributed by atoms with Crippen LogP contribution < -0.4 is 0 Å². The van der Waals surface area contributed by atoms with E-state index in [0.29, 0.717) is 0 Å². The third kappa shape index (κ3) is 3.55. The summed E-state index contributed by atoms with van der Waals surface area (Å²) in [6.45, 7) is 0. The number of benzene rings is 1. The van der Waals surface area contributed by atoms with Crippen molar-refractivity contribution in [2.75, 3.05) is 0 Å². The molecule has 0 aliphatic carbocycles. The lowest BCUT2D eigenvalue weighted by molar-refractivity contribution is 0.0651. The minimum Gasteiger partial charge on any atom is -0.478 e. The minimum absolute atomic E-state index is 0. The van der Waals surface area contributed by atoms with Crippen LogP contribution in [0.4, 0.5) is 0 Å². The Labute approximate surface area is 89.3 Å². The molecular weight excluding hydrogens is 228 g/mol. The van der Waals surface area contributed by atoms with Gasteiger partial charge < -0.3 is 21.2 Å². The largest absolute Gasteiger partial charge is 0.478 e. The van der Waals surface area contributed by atoms with Crippen molar-refractivity contribution in [3.05, 3.63) is 34.3 Å². The van der Waals surface area contributed by atoms with Crippen molar-refractivity contribution in [2.24, 2.45) is 0 Å². The van der Waals surface area contributed by atoms with Crippen molar-refractivity contribution < 1.29 is 30.8 Å². The number of halogens is 1. The van der Waals surface area contributed by atoms with Gasteiger partial charge in [0.1, 0.15) is 0 Å². The van der Waals surface area contributed by atoms with Crippen molar-refractivity contribution in [2.45, 2.75) is 0 Å². The van der Waals surface area contributed by atoms with Crippen molar-refractivity contribution in [3.8, 4) is 0 Å². The van der Waals surface area contributed by atoms with Gasteiger partial charge in [-0.15, -0.1) is 0 Å². The first-order chi connectivity index (χ1) is 6.02. The lowest BCUT2D eigenvalue weighted by Crippen LogP contribution is -2.07. The molecule has 0 unspecified atom stereocenters. The molecule has 0 spiro atoms. The van der Waals surface area contributed by atoms with E-state index in [1.54, 1.807) is 0 Å². The first-order valence-corrected chi connectivity index (χ1v) is 3.66. The Hall–Kier alpha value is -1.63. The Balaban J connectivity index is 0. The molecule has 0 saturated heterocycles. The van der Waals surface area contributed by atoms with E-state index in [9.17, 15) is 9.59 Å². The molecule has 0 aliphatic heterocycles. The number of carboxylic acid groups (broad SMARTS) is 2. The molecule has 7 heteroatoms. The average molecular weight is 237 g/mol. The minimum atomic E-state index is -1.31. The van der Waals surface area contributed by atoms with Gasteiger partial charge in [0.15, 0.2) is 0 Å². The standard InChI is InChI=1S/C8H5ClO4.2H2O/c9-4-1-2-5(7(10)11)6(3-4)8(12)13;;/h1-3H,(H,10,11)(H,12,13);2*1H2. The number of rotatable bonds is 2. The van der Waals surface area contributed by atoms with Crippen LogP contribution >= 0.6 is 11.6 Å². The number of carbonyl (C=O) groups is 2. The Morgan fingerprint density at radius 1 is 1.00 bits per heavy atom. The molecule has 1 rings (SSSR count). The van der Waals surface area contributed by atoms with Gasteiger partial charge in [0.2, 0.25) is 0 Å². The second-order valence-corrected chi connectivity index (χ2v) is 2.74. The van der Waals surface area contributed by atoms with Gasteiger partial charge in [-0.3, -0.25) is 0 Å². The Morgan fingerprint density at radius 2 is 1.47 bits per heavy atom. The molecule has 0 saturated carbocycles. The molecule has 0 heterocycles. The van der Waals surface area contributed by atoms with E-state index in [1.807, 2.05) is 0 Å². The van der Waals surface area contributed by atoms with Gasteiger partial charge in [-0.1, -0.05) is 11.6 Å². The topological polar surface area (TPSA) is 138 Å². The summed E-state index contributed by atoms with van der Waals surface area (Å²) >= 11 is 5.51. The summed E-state index contributed by atoms with van der Waals surface area (Å²) in [6.07, 6.45) is 0. The van der Waals surface area contributed by atoms with Crippen LogP contribution in [-0.4, -0.2) is 33.1 Å². The van der Waals surface area contributed by atoms with E-state index in [1.165, 1.54) is 6.07 Å². The molecule has 6 nitrogen and oxygen atoms in total. The molecule has 0 aliphatic rings. The molecule has 0 radical (unpaired) electrons. The summed E-state index contributed by atoms with van der Waals surface area (Å²) in [5.41, 5.74) is -0.572. The Morgan fingerprint density at radius 3 is 1.87 bits per heavy atom. The van der Waals surface area contributed by atoms with Crippen molar-refractivity contribution in [1.29, 1.82) is 0 Å². The molecule has 0 bridgehead atoms. The molecule has 1 aromatic rings. The summed E-state index contributed by atoms with van der Waals surface area (Å²) in [5, 5.41) is 17.4. The predicted octanol–water partition coefficient (Wildman–Crippen LogP) is 0.0870. The zero-order chi connectivity index (χ0) is 10.0. The van der Waals surface area contributed by atoms with E-state index in [4.69, 9.17) is 21.8 Å². The first-order valence-electron chi connectivity index (χ1n) is 3.28. The van der Waals surface area contributed by atoms with Crippen LogP contribution in [0.3, 0.4) is 0 Å². The predicted molar refractivity (Wildman–Crippen MR) is 52.6 cm³/mol. The smallest absolute Gasteiger partial charge is 0.336 e. The van der Waals surface area contributed by atoms with Crippen LogP contribution in [0.5, 0.6) is 0 Å². The number of hydrogen-bond donors (Lipinski definition) is 2. The maximum absolute atomic E-state index is 10.6. The fraction of sp³-hybridized carbons (Fsp3) is 0. The lowest BCUT2D eigenvalue weighted by atomic mass is 10.1. The van der Waals surface area contributed by atoms with E-state index in [2.05, 4.69) is 0 Å². The Bertz CT molecular complexity index is 375. The summed E-state index contributed by atoms with van der Waals surface area (Å²) in [6, 6.07) is 3.60. The summed E-state index contributed by atoms with van der Waals surface area (Å²) in [7, 11) is 0. The van der Waals surface area contributed by atoms with Gasteiger partial charge >= 0.3 is 11.9 Å². The van der Waals surface area contributed by atoms with E-state index in [-0.39, 0.29) is 27.1 Å². The maximum Gasteiger partial charge on any atom is 0.336 e. The summed E-state index contributed by atoms with van der Waals surface area (Å²) < 4.78 is 0. The van der Waals surface area contributed by atoms with Crippen molar-refractivity contribution >= 4 is 23.5 Å². The molecule has 0 fully saturated rings. The van der Waals surface area contributed by atoms with E-state index >= 15 is 0 Å². The molecule has 0 atom stereocenters. The highest BCUT2D eigenvalue weighted by molar-refractivity contribution is 6.31. The SMILES string of the molecule is O.O.O=C(O)c1ccc(Cl)cc1C(=O)O. The van der Waals surface area contributed by atoms with E-state index in [0.717, 1.165) is 12.1 Å². The number of hydrogen-bond acceptors (Lipinski definition) is 2. The highest BCUT2D eigenvalue weighted by Crippen LogP contribution is 2.16. The lowest BCUT2D eigenvalue weighted by Gasteiger charge is -2.00. The fourth-order valence-electron chi connectivity index (χ4n) is 0.880. The number of carboxylic acids is 2. The molecule has 0 aromatic heterocycles. The fourth-order valence-corrected chi connectivity index (χ4v) is 1.05. The monoisotopic (exact) mass is 236 g/mol. The van der Waals surface area contributed by atoms with Crippen molar-refractivity contribution in [1.82, 2.24) is 0 Å². The van der Waals surface area contributed by atoms with Crippen LogP contribution in [0.1, 0.15) is 20.7 Å². The zero-order valence-electron chi connectivity index (χ0n) is 7.32. The van der Waals surface area contributed by atoms with Crippen LogP contribution in [0, 0.1) is 0 Å². The third-order valence-electron chi connectivity index (χ3n) is 1.44. The van der Waals surface area contributed by atoms with Gasteiger partial charge in [0.25, 0.3) is 0 Å². The normalized spacial score (nSPS) is 8.33. The van der Waals surface area contributed by atoms with E-state index < -0.39 is 11.9 Å². The molecule has 84 valence electrons. The van der Waals surface area contributed by atoms with Crippen LogP contribution in [0.25, 0.3) is 0 Å². The van der Waals surface area contributed by atoms with Gasteiger partial charge in [0, 0.05) is 5.02 Å². The van der Waals surface area contributed by atoms with Gasteiger partial charge in [-0.25, -0.2) is 9.59 Å². The number of aromatic carboxylic acids is 2. The second kappa shape index (κ2) is 5.97. The van der Waals surface area contributed by atoms with Crippen molar-refractivity contribution in [3.63, 3.8) is 0 Å². The average Bonchev–Trinajstić information content (AvgIpc) is 2.03. The molecule has 0 amide bonds. The highest BCUT2D eigenvalue weighted by atomic mass is 35.5. The third-order valence-corrected chi connectivity index (χ3v) is 1.68. The highest BCUT2D eigenvalue weighted by Gasteiger charge is 2.15.